The number of ether oxygens (including phenoxy) is 1. The number of pyridine rings is 1. The summed E-state index contributed by atoms with van der Waals surface area (Å²) in [6, 6.07) is 8.22. The number of hydrogen-bond acceptors (Lipinski definition) is 3. The molecule has 0 amide bonds. The fraction of sp³-hybridized carbons (Fsp3) is 0.312. The number of nitrogens with one attached hydrogen (secondary N) is 1. The lowest BCUT2D eigenvalue weighted by molar-refractivity contribution is 0.468. The summed E-state index contributed by atoms with van der Waals surface area (Å²) in [7, 11) is 0. The number of benzene rings is 1. The third-order valence-corrected chi connectivity index (χ3v) is 3.62. The monoisotopic (exact) mass is 288 g/mol. The lowest BCUT2D eigenvalue weighted by Gasteiger charge is -2.13. The summed E-state index contributed by atoms with van der Waals surface area (Å²) in [6.07, 6.45) is 6.13. The SMILES string of the molecule is Cc1ccc(Cl)cc1Oc1ccncc1CNC1CC1. The van der Waals surface area contributed by atoms with E-state index in [4.69, 9.17) is 16.3 Å². The highest BCUT2D eigenvalue weighted by Crippen LogP contribution is 2.30. The van der Waals surface area contributed by atoms with Crippen molar-refractivity contribution in [2.45, 2.75) is 32.4 Å². The molecule has 1 fully saturated rings. The highest BCUT2D eigenvalue weighted by molar-refractivity contribution is 6.30. The van der Waals surface area contributed by atoms with E-state index in [-0.39, 0.29) is 0 Å². The van der Waals surface area contributed by atoms with Crippen molar-refractivity contribution in [3.05, 3.63) is 52.8 Å². The van der Waals surface area contributed by atoms with Crippen molar-refractivity contribution in [1.29, 1.82) is 0 Å². The van der Waals surface area contributed by atoms with E-state index in [1.807, 2.05) is 37.4 Å². The zero-order chi connectivity index (χ0) is 13.9. The van der Waals surface area contributed by atoms with Gasteiger partial charge in [0.1, 0.15) is 11.5 Å². The molecule has 0 saturated heterocycles. The van der Waals surface area contributed by atoms with Gasteiger partial charge in [-0.15, -0.1) is 0 Å². The molecular formula is C16H17ClN2O. The summed E-state index contributed by atoms with van der Waals surface area (Å²) < 4.78 is 6.01. The maximum atomic E-state index is 6.03. The summed E-state index contributed by atoms with van der Waals surface area (Å²) in [5.41, 5.74) is 2.13. The quantitative estimate of drug-likeness (QED) is 0.900. The molecule has 0 radical (unpaired) electrons. The average Bonchev–Trinajstić information content (AvgIpc) is 3.26. The molecule has 1 aromatic heterocycles. The van der Waals surface area contributed by atoms with Crippen LogP contribution in [0.15, 0.2) is 36.7 Å². The number of nitrogens with zero attached hydrogens (tertiary/aromatic N) is 1. The highest BCUT2D eigenvalue weighted by atomic mass is 35.5. The number of aryl methyl sites for hydroxylation is 1. The second-order valence-corrected chi connectivity index (χ2v) is 5.59. The molecule has 1 saturated carbocycles. The van der Waals surface area contributed by atoms with Gasteiger partial charge in [0, 0.05) is 35.6 Å². The van der Waals surface area contributed by atoms with E-state index < -0.39 is 0 Å². The van der Waals surface area contributed by atoms with Crippen LogP contribution in [0.1, 0.15) is 24.0 Å². The van der Waals surface area contributed by atoms with E-state index >= 15 is 0 Å². The second kappa shape index (κ2) is 5.81. The van der Waals surface area contributed by atoms with Crippen LogP contribution in [-0.2, 0) is 6.54 Å². The maximum absolute atomic E-state index is 6.03. The normalized spacial score (nSPS) is 14.3. The zero-order valence-corrected chi connectivity index (χ0v) is 12.2. The third kappa shape index (κ3) is 3.30. The minimum Gasteiger partial charge on any atom is -0.457 e. The van der Waals surface area contributed by atoms with Gasteiger partial charge in [-0.2, -0.15) is 0 Å². The van der Waals surface area contributed by atoms with Gasteiger partial charge in [-0.05, 0) is 43.5 Å². The maximum Gasteiger partial charge on any atom is 0.135 e. The van der Waals surface area contributed by atoms with Crippen molar-refractivity contribution in [2.75, 3.05) is 0 Å². The van der Waals surface area contributed by atoms with Crippen molar-refractivity contribution < 1.29 is 4.74 Å². The Morgan fingerprint density at radius 1 is 1.30 bits per heavy atom. The van der Waals surface area contributed by atoms with Crippen LogP contribution in [0.3, 0.4) is 0 Å². The molecule has 0 bridgehead atoms. The van der Waals surface area contributed by atoms with Crippen LogP contribution in [-0.4, -0.2) is 11.0 Å². The second-order valence-electron chi connectivity index (χ2n) is 5.15. The molecule has 3 nitrogen and oxygen atoms in total. The van der Waals surface area contributed by atoms with Gasteiger partial charge in [-0.1, -0.05) is 17.7 Å². The van der Waals surface area contributed by atoms with Crippen molar-refractivity contribution in [2.24, 2.45) is 0 Å². The fourth-order valence-electron chi connectivity index (χ4n) is 1.99. The molecule has 1 aliphatic rings. The van der Waals surface area contributed by atoms with Crippen LogP contribution in [0.5, 0.6) is 11.5 Å². The zero-order valence-electron chi connectivity index (χ0n) is 11.4. The summed E-state index contributed by atoms with van der Waals surface area (Å²) in [5, 5.41) is 4.16. The predicted octanol–water partition coefficient (Wildman–Crippen LogP) is 4.09. The molecule has 0 atom stereocenters. The molecule has 1 aliphatic carbocycles. The molecule has 4 heteroatoms. The topological polar surface area (TPSA) is 34.1 Å². The highest BCUT2D eigenvalue weighted by Gasteiger charge is 2.20. The first kappa shape index (κ1) is 13.4. The van der Waals surface area contributed by atoms with Gasteiger partial charge >= 0.3 is 0 Å². The van der Waals surface area contributed by atoms with Crippen LogP contribution < -0.4 is 10.1 Å². The summed E-state index contributed by atoms with van der Waals surface area (Å²) >= 11 is 6.03. The van der Waals surface area contributed by atoms with Gasteiger partial charge in [0.15, 0.2) is 0 Å². The van der Waals surface area contributed by atoms with Crippen LogP contribution in [0, 0.1) is 6.92 Å². The van der Waals surface area contributed by atoms with E-state index in [0.29, 0.717) is 11.1 Å². The first-order chi connectivity index (χ1) is 9.72. The van der Waals surface area contributed by atoms with E-state index in [1.54, 1.807) is 6.20 Å². The molecule has 3 rings (SSSR count). The van der Waals surface area contributed by atoms with E-state index in [9.17, 15) is 0 Å². The van der Waals surface area contributed by atoms with Crippen LogP contribution >= 0.6 is 11.6 Å². The molecule has 1 aromatic carbocycles. The molecule has 2 aromatic rings. The van der Waals surface area contributed by atoms with E-state index in [2.05, 4.69) is 10.3 Å². The molecule has 1 N–H and O–H groups in total. The molecule has 0 spiro atoms. The Kier molecular flexibility index (Phi) is 3.90. The summed E-state index contributed by atoms with van der Waals surface area (Å²) in [4.78, 5) is 4.18. The summed E-state index contributed by atoms with van der Waals surface area (Å²) in [6.45, 7) is 2.79. The minimum atomic E-state index is 0.663. The summed E-state index contributed by atoms with van der Waals surface area (Å²) in [5.74, 6) is 1.62. The molecule has 0 unspecified atom stereocenters. The minimum absolute atomic E-state index is 0.663. The first-order valence-corrected chi connectivity index (χ1v) is 7.20. The largest absolute Gasteiger partial charge is 0.457 e. The Bertz CT molecular complexity index is 611. The Hall–Kier alpha value is -1.58. The van der Waals surface area contributed by atoms with Gasteiger partial charge < -0.3 is 10.1 Å². The molecule has 20 heavy (non-hydrogen) atoms. The number of halogens is 1. The number of hydrogen-bond donors (Lipinski definition) is 1. The van der Waals surface area contributed by atoms with Gasteiger partial charge in [0.2, 0.25) is 0 Å². The molecule has 104 valence electrons. The average molecular weight is 289 g/mol. The Morgan fingerprint density at radius 3 is 2.95 bits per heavy atom. The van der Waals surface area contributed by atoms with Gasteiger partial charge in [-0.3, -0.25) is 4.98 Å². The Balaban J connectivity index is 1.80. The van der Waals surface area contributed by atoms with Crippen LogP contribution in [0.2, 0.25) is 5.02 Å². The van der Waals surface area contributed by atoms with Crippen molar-refractivity contribution in [1.82, 2.24) is 10.3 Å². The number of rotatable bonds is 5. The van der Waals surface area contributed by atoms with Gasteiger partial charge in [-0.25, -0.2) is 0 Å². The first-order valence-electron chi connectivity index (χ1n) is 6.82. The van der Waals surface area contributed by atoms with E-state index in [0.717, 1.165) is 29.2 Å². The number of aromatic nitrogens is 1. The van der Waals surface area contributed by atoms with E-state index in [1.165, 1.54) is 12.8 Å². The molecular weight excluding hydrogens is 272 g/mol. The fourth-order valence-corrected chi connectivity index (χ4v) is 2.15. The van der Waals surface area contributed by atoms with Crippen LogP contribution in [0.25, 0.3) is 0 Å². The van der Waals surface area contributed by atoms with Crippen molar-refractivity contribution in [3.8, 4) is 11.5 Å². The molecule has 1 heterocycles. The predicted molar refractivity (Wildman–Crippen MR) is 80.4 cm³/mol. The third-order valence-electron chi connectivity index (χ3n) is 3.39. The Morgan fingerprint density at radius 2 is 2.15 bits per heavy atom. The van der Waals surface area contributed by atoms with Crippen LogP contribution in [0.4, 0.5) is 0 Å². The standard InChI is InChI=1S/C16H17ClN2O/c1-11-2-3-13(17)8-16(11)20-15-6-7-18-9-12(15)10-19-14-4-5-14/h2-3,6-9,14,19H,4-5,10H2,1H3. The lowest BCUT2D eigenvalue weighted by atomic mass is 10.2. The van der Waals surface area contributed by atoms with Gasteiger partial charge in [0.05, 0.1) is 0 Å². The van der Waals surface area contributed by atoms with Gasteiger partial charge in [0.25, 0.3) is 0 Å². The van der Waals surface area contributed by atoms with Crippen molar-refractivity contribution in [3.63, 3.8) is 0 Å². The lowest BCUT2D eigenvalue weighted by Crippen LogP contribution is -2.15. The van der Waals surface area contributed by atoms with Crippen molar-refractivity contribution >= 4 is 11.6 Å². The molecule has 0 aliphatic heterocycles. The smallest absolute Gasteiger partial charge is 0.135 e. The Labute approximate surface area is 123 Å².